The smallest absolute Gasteiger partial charge is 0.340 e. The molecular formula is C24H19ClN2O8. The molecule has 0 aliphatic rings. The van der Waals surface area contributed by atoms with Crippen molar-refractivity contribution in [3.8, 4) is 11.5 Å². The number of esters is 1. The topological polar surface area (TPSA) is 134 Å². The molecule has 3 aromatic carbocycles. The third kappa shape index (κ3) is 5.92. The molecule has 11 heteroatoms. The minimum absolute atomic E-state index is 0.000930. The van der Waals surface area contributed by atoms with E-state index < -0.39 is 29.2 Å². The SMILES string of the molecule is COc1ccc(C(=O)COC(=O)c2ccccc2NC(=O)c2ccc([N+](=O)[O-])cc2Cl)cc1OC. The van der Waals surface area contributed by atoms with Crippen molar-refractivity contribution in [1.29, 1.82) is 0 Å². The number of methoxy groups -OCH3 is 2. The van der Waals surface area contributed by atoms with Crippen molar-refractivity contribution >= 4 is 40.6 Å². The van der Waals surface area contributed by atoms with Crippen LogP contribution in [-0.2, 0) is 4.74 Å². The van der Waals surface area contributed by atoms with Crippen molar-refractivity contribution in [3.05, 3.63) is 92.5 Å². The van der Waals surface area contributed by atoms with Crippen LogP contribution in [0.1, 0.15) is 31.1 Å². The van der Waals surface area contributed by atoms with E-state index in [1.165, 1.54) is 44.6 Å². The van der Waals surface area contributed by atoms with Crippen molar-refractivity contribution in [2.24, 2.45) is 0 Å². The molecule has 0 fully saturated rings. The molecule has 0 spiro atoms. The Bertz CT molecular complexity index is 1310. The molecule has 35 heavy (non-hydrogen) atoms. The Balaban J connectivity index is 1.72. The summed E-state index contributed by atoms with van der Waals surface area (Å²) in [4.78, 5) is 48.1. The van der Waals surface area contributed by atoms with Gasteiger partial charge in [-0.05, 0) is 36.4 Å². The van der Waals surface area contributed by atoms with Gasteiger partial charge in [-0.1, -0.05) is 23.7 Å². The van der Waals surface area contributed by atoms with Gasteiger partial charge in [-0.3, -0.25) is 19.7 Å². The quantitative estimate of drug-likeness (QED) is 0.196. The Hall–Kier alpha value is -4.44. The van der Waals surface area contributed by atoms with Crippen LogP contribution in [0.4, 0.5) is 11.4 Å². The number of hydrogen-bond acceptors (Lipinski definition) is 8. The number of amides is 1. The molecule has 3 rings (SSSR count). The van der Waals surface area contributed by atoms with Crippen LogP contribution in [0.2, 0.25) is 5.02 Å². The highest BCUT2D eigenvalue weighted by molar-refractivity contribution is 6.34. The molecule has 180 valence electrons. The summed E-state index contributed by atoms with van der Waals surface area (Å²) in [5, 5.41) is 13.3. The first-order valence-corrected chi connectivity index (χ1v) is 10.4. The van der Waals surface area contributed by atoms with Crippen LogP contribution >= 0.6 is 11.6 Å². The number of para-hydroxylation sites is 1. The number of nitro benzene ring substituents is 1. The number of non-ortho nitro benzene ring substituents is 1. The molecule has 0 aromatic heterocycles. The third-order valence-corrected chi connectivity index (χ3v) is 5.16. The molecule has 0 aliphatic heterocycles. The van der Waals surface area contributed by atoms with E-state index in [1.807, 2.05) is 0 Å². The summed E-state index contributed by atoms with van der Waals surface area (Å²) < 4.78 is 15.5. The zero-order valence-electron chi connectivity index (χ0n) is 18.6. The lowest BCUT2D eigenvalue weighted by Gasteiger charge is -2.12. The molecule has 10 nitrogen and oxygen atoms in total. The molecular weight excluding hydrogens is 480 g/mol. The van der Waals surface area contributed by atoms with Crippen molar-refractivity contribution in [2.45, 2.75) is 0 Å². The lowest BCUT2D eigenvalue weighted by molar-refractivity contribution is -0.384. The van der Waals surface area contributed by atoms with Gasteiger partial charge in [-0.2, -0.15) is 0 Å². The average molecular weight is 499 g/mol. The number of nitrogens with one attached hydrogen (secondary N) is 1. The van der Waals surface area contributed by atoms with E-state index in [2.05, 4.69) is 5.32 Å². The van der Waals surface area contributed by atoms with E-state index in [9.17, 15) is 24.5 Å². The van der Waals surface area contributed by atoms with Crippen LogP contribution in [0.5, 0.6) is 11.5 Å². The molecule has 0 saturated heterocycles. The molecule has 0 heterocycles. The van der Waals surface area contributed by atoms with Crippen LogP contribution in [-0.4, -0.2) is 43.4 Å². The lowest BCUT2D eigenvalue weighted by atomic mass is 10.1. The Morgan fingerprint density at radius 1 is 0.943 bits per heavy atom. The molecule has 0 unspecified atom stereocenters. The summed E-state index contributed by atoms with van der Waals surface area (Å²) in [7, 11) is 2.90. The molecule has 0 atom stereocenters. The average Bonchev–Trinajstić information content (AvgIpc) is 2.86. The molecule has 3 aromatic rings. The fraction of sp³-hybridized carbons (Fsp3) is 0.125. The van der Waals surface area contributed by atoms with Crippen molar-refractivity contribution < 1.29 is 33.5 Å². The minimum atomic E-state index is -0.843. The van der Waals surface area contributed by atoms with Gasteiger partial charge in [0.05, 0.1) is 41.0 Å². The van der Waals surface area contributed by atoms with Crippen LogP contribution in [0.15, 0.2) is 60.7 Å². The van der Waals surface area contributed by atoms with Gasteiger partial charge in [0, 0.05) is 17.7 Å². The number of nitrogens with zero attached hydrogens (tertiary/aromatic N) is 1. The normalized spacial score (nSPS) is 10.3. The Kier molecular flexibility index (Phi) is 8.00. The molecule has 0 radical (unpaired) electrons. The van der Waals surface area contributed by atoms with Gasteiger partial charge in [-0.25, -0.2) is 4.79 Å². The predicted octanol–water partition coefficient (Wildman–Crippen LogP) is 4.56. The van der Waals surface area contributed by atoms with Gasteiger partial charge < -0.3 is 19.5 Å². The summed E-state index contributed by atoms with van der Waals surface area (Å²) in [6.07, 6.45) is 0. The third-order valence-electron chi connectivity index (χ3n) is 4.84. The number of anilines is 1. The summed E-state index contributed by atoms with van der Waals surface area (Å²) in [6.45, 7) is -0.551. The van der Waals surface area contributed by atoms with Crippen LogP contribution < -0.4 is 14.8 Å². The van der Waals surface area contributed by atoms with E-state index in [-0.39, 0.29) is 33.1 Å². The van der Waals surface area contributed by atoms with Crippen molar-refractivity contribution in [2.75, 3.05) is 26.1 Å². The monoisotopic (exact) mass is 498 g/mol. The lowest BCUT2D eigenvalue weighted by Crippen LogP contribution is -2.18. The first-order valence-electron chi connectivity index (χ1n) is 10.0. The summed E-state index contributed by atoms with van der Waals surface area (Å²) in [6, 6.07) is 14.0. The van der Waals surface area contributed by atoms with Crippen LogP contribution in [0.25, 0.3) is 0 Å². The number of carbonyl (C=O) groups excluding carboxylic acids is 3. The van der Waals surface area contributed by atoms with Gasteiger partial charge in [0.25, 0.3) is 11.6 Å². The summed E-state index contributed by atoms with van der Waals surface area (Å²) in [5.74, 6) is -1.21. The predicted molar refractivity (Wildman–Crippen MR) is 127 cm³/mol. The first kappa shape index (κ1) is 25.2. The number of carbonyl (C=O) groups is 3. The zero-order chi connectivity index (χ0) is 25.5. The number of rotatable bonds is 9. The number of hydrogen-bond donors (Lipinski definition) is 1. The maximum absolute atomic E-state index is 12.7. The van der Waals surface area contributed by atoms with Crippen molar-refractivity contribution in [1.82, 2.24) is 0 Å². The fourth-order valence-electron chi connectivity index (χ4n) is 3.06. The molecule has 1 amide bonds. The van der Waals surface area contributed by atoms with E-state index in [0.29, 0.717) is 11.5 Å². The zero-order valence-corrected chi connectivity index (χ0v) is 19.3. The maximum Gasteiger partial charge on any atom is 0.340 e. The number of ketones is 1. The van der Waals surface area contributed by atoms with E-state index in [0.717, 1.165) is 12.1 Å². The number of Topliss-reactive ketones (excluding diaryl/α,β-unsaturated/α-hetero) is 1. The molecule has 0 bridgehead atoms. The molecule has 0 saturated carbocycles. The van der Waals surface area contributed by atoms with Gasteiger partial charge in [0.1, 0.15) is 0 Å². The second-order valence-electron chi connectivity index (χ2n) is 6.99. The van der Waals surface area contributed by atoms with E-state index in [4.69, 9.17) is 25.8 Å². The highest BCUT2D eigenvalue weighted by atomic mass is 35.5. The van der Waals surface area contributed by atoms with Crippen LogP contribution in [0, 0.1) is 10.1 Å². The van der Waals surface area contributed by atoms with Crippen LogP contribution in [0.3, 0.4) is 0 Å². The highest BCUT2D eigenvalue weighted by Gasteiger charge is 2.20. The maximum atomic E-state index is 12.7. The Morgan fingerprint density at radius 3 is 2.31 bits per heavy atom. The molecule has 1 N–H and O–H groups in total. The second-order valence-corrected chi connectivity index (χ2v) is 7.40. The Labute approximate surface area is 204 Å². The van der Waals surface area contributed by atoms with E-state index in [1.54, 1.807) is 18.2 Å². The number of halogens is 1. The standard InChI is InChI=1S/C24H19ClN2O8/c1-33-21-10-7-14(11-22(21)34-2)20(28)13-35-24(30)17-5-3-4-6-19(17)26-23(29)16-9-8-15(27(31)32)12-18(16)25/h3-12H,13H2,1-2H3,(H,26,29). The van der Waals surface area contributed by atoms with E-state index >= 15 is 0 Å². The van der Waals surface area contributed by atoms with Gasteiger partial charge in [0.15, 0.2) is 23.9 Å². The molecule has 0 aliphatic carbocycles. The van der Waals surface area contributed by atoms with Gasteiger partial charge >= 0.3 is 5.97 Å². The number of benzene rings is 3. The second kappa shape index (κ2) is 11.1. The highest BCUT2D eigenvalue weighted by Crippen LogP contribution is 2.28. The summed E-state index contributed by atoms with van der Waals surface area (Å²) in [5.41, 5.74) is 0.0677. The fourth-order valence-corrected chi connectivity index (χ4v) is 3.32. The Morgan fingerprint density at radius 2 is 1.66 bits per heavy atom. The first-order chi connectivity index (χ1) is 16.7. The van der Waals surface area contributed by atoms with Crippen molar-refractivity contribution in [3.63, 3.8) is 0 Å². The van der Waals surface area contributed by atoms with Gasteiger partial charge in [-0.15, -0.1) is 0 Å². The number of nitro groups is 1. The minimum Gasteiger partial charge on any atom is -0.493 e. The van der Waals surface area contributed by atoms with Gasteiger partial charge in [0.2, 0.25) is 0 Å². The largest absolute Gasteiger partial charge is 0.493 e. The summed E-state index contributed by atoms with van der Waals surface area (Å²) >= 11 is 6.01. The number of ether oxygens (including phenoxy) is 3.